The van der Waals surface area contributed by atoms with Crippen molar-refractivity contribution in [3.05, 3.63) is 88.8 Å². The van der Waals surface area contributed by atoms with Gasteiger partial charge in [-0.1, -0.05) is 12.1 Å². The molecule has 0 saturated carbocycles. The third kappa shape index (κ3) is 4.72. The average molecular weight is 454 g/mol. The highest BCUT2D eigenvalue weighted by atomic mass is 16.1. The van der Waals surface area contributed by atoms with Crippen LogP contribution in [-0.4, -0.2) is 46.1 Å². The van der Waals surface area contributed by atoms with E-state index in [1.807, 2.05) is 36.1 Å². The summed E-state index contributed by atoms with van der Waals surface area (Å²) in [6, 6.07) is 9.25. The number of nitrogen functional groups attached to an aromatic ring is 1. The molecule has 1 aromatic carbocycles. The average Bonchev–Trinajstić information content (AvgIpc) is 3.48. The molecular formula is C23H22N10O. The van der Waals surface area contributed by atoms with E-state index in [4.69, 9.17) is 5.73 Å². The van der Waals surface area contributed by atoms with Gasteiger partial charge in [-0.25, -0.2) is 4.98 Å². The number of benzene rings is 1. The number of amides is 1. The van der Waals surface area contributed by atoms with Gasteiger partial charge in [0.15, 0.2) is 0 Å². The van der Waals surface area contributed by atoms with Crippen molar-refractivity contribution < 1.29 is 4.79 Å². The first kappa shape index (κ1) is 21.2. The molecule has 0 radical (unpaired) electrons. The number of anilines is 1. The van der Waals surface area contributed by atoms with E-state index in [1.165, 1.54) is 0 Å². The molecule has 0 unspecified atom stereocenters. The number of carbonyl (C=O) groups is 1. The molecule has 4 N–H and O–H groups in total. The summed E-state index contributed by atoms with van der Waals surface area (Å²) in [6.45, 7) is 2.78. The molecule has 0 bridgehead atoms. The maximum atomic E-state index is 12.4. The van der Waals surface area contributed by atoms with E-state index in [9.17, 15) is 4.79 Å². The summed E-state index contributed by atoms with van der Waals surface area (Å²) in [6.07, 6.45) is 7.75. The zero-order chi connectivity index (χ0) is 23.5. The van der Waals surface area contributed by atoms with Gasteiger partial charge in [0, 0.05) is 24.4 Å². The van der Waals surface area contributed by atoms with E-state index in [-0.39, 0.29) is 5.91 Å². The Bertz CT molecular complexity index is 1440. The molecule has 1 amide bonds. The van der Waals surface area contributed by atoms with Gasteiger partial charge in [-0.2, -0.15) is 15.4 Å². The van der Waals surface area contributed by atoms with Crippen LogP contribution in [0.15, 0.2) is 55.1 Å². The Kier molecular flexibility index (Phi) is 5.65. The number of hydrogen-bond acceptors (Lipinski definition) is 8. The van der Waals surface area contributed by atoms with Gasteiger partial charge in [-0.3, -0.25) is 19.4 Å². The zero-order valence-corrected chi connectivity index (χ0v) is 18.4. The Morgan fingerprint density at radius 1 is 1.09 bits per heavy atom. The number of H-pyrrole nitrogens is 1. The van der Waals surface area contributed by atoms with E-state index >= 15 is 0 Å². The molecule has 4 aromatic heterocycles. The predicted molar refractivity (Wildman–Crippen MR) is 125 cm³/mol. The van der Waals surface area contributed by atoms with Crippen LogP contribution in [0.5, 0.6) is 0 Å². The lowest BCUT2D eigenvalue weighted by molar-refractivity contribution is 0.0950. The van der Waals surface area contributed by atoms with Crippen molar-refractivity contribution >= 4 is 22.9 Å². The van der Waals surface area contributed by atoms with E-state index < -0.39 is 0 Å². The Morgan fingerprint density at radius 3 is 2.74 bits per heavy atom. The number of aromatic amines is 1. The van der Waals surface area contributed by atoms with Crippen molar-refractivity contribution in [3.8, 4) is 0 Å². The highest BCUT2D eigenvalue weighted by Gasteiger charge is 2.11. The zero-order valence-electron chi connectivity index (χ0n) is 18.4. The number of fused-ring (bicyclic) bond motifs is 1. The van der Waals surface area contributed by atoms with Gasteiger partial charge in [0.1, 0.15) is 11.3 Å². The van der Waals surface area contributed by atoms with Crippen LogP contribution < -0.4 is 11.1 Å². The van der Waals surface area contributed by atoms with Crippen molar-refractivity contribution in [2.24, 2.45) is 0 Å². The molecule has 0 aliphatic carbocycles. The largest absolute Gasteiger partial charge is 0.384 e. The quantitative estimate of drug-likeness (QED) is 0.336. The molecule has 11 heteroatoms. The van der Waals surface area contributed by atoms with Gasteiger partial charge in [-0.05, 0) is 41.8 Å². The molecular weight excluding hydrogens is 432 g/mol. The van der Waals surface area contributed by atoms with Gasteiger partial charge in [0.05, 0.1) is 36.9 Å². The number of nitrogens with two attached hydrogens (primary N) is 1. The lowest BCUT2D eigenvalue weighted by Crippen LogP contribution is -2.23. The summed E-state index contributed by atoms with van der Waals surface area (Å²) >= 11 is 0. The summed E-state index contributed by atoms with van der Waals surface area (Å²) in [4.78, 5) is 25.0. The van der Waals surface area contributed by atoms with Crippen LogP contribution in [0.2, 0.25) is 0 Å². The standard InChI is InChI=1S/C23H22N10O/c1-14-8-26-19(10-25-14)11-27-23(34)17-4-2-15(3-5-17)12-33-13-16(9-28-33)6-18-7-20(24)29-22-21(18)30-32-31-22/h2-5,7-10,13H,6,11-12H2,1H3,(H,27,34)(H3,24,29,30,31,32). The molecule has 0 atom stereocenters. The van der Waals surface area contributed by atoms with Gasteiger partial charge >= 0.3 is 0 Å². The van der Waals surface area contributed by atoms with Gasteiger partial charge < -0.3 is 11.1 Å². The molecule has 170 valence electrons. The molecule has 0 aliphatic rings. The minimum Gasteiger partial charge on any atom is -0.384 e. The number of aromatic nitrogens is 8. The third-order valence-electron chi connectivity index (χ3n) is 5.30. The predicted octanol–water partition coefficient (Wildman–Crippen LogP) is 1.80. The van der Waals surface area contributed by atoms with Crippen LogP contribution in [0.25, 0.3) is 11.2 Å². The molecule has 34 heavy (non-hydrogen) atoms. The molecule has 4 heterocycles. The van der Waals surface area contributed by atoms with Crippen LogP contribution in [0.3, 0.4) is 0 Å². The first-order valence-electron chi connectivity index (χ1n) is 10.7. The normalized spacial score (nSPS) is 11.1. The lowest BCUT2D eigenvalue weighted by atomic mass is 10.1. The number of aryl methyl sites for hydroxylation is 1. The van der Waals surface area contributed by atoms with Gasteiger partial charge in [-0.15, -0.1) is 5.10 Å². The van der Waals surface area contributed by atoms with Crippen molar-refractivity contribution in [1.29, 1.82) is 0 Å². The first-order chi connectivity index (χ1) is 16.5. The monoisotopic (exact) mass is 454 g/mol. The van der Waals surface area contributed by atoms with E-state index in [0.717, 1.165) is 22.4 Å². The Morgan fingerprint density at radius 2 is 1.94 bits per heavy atom. The molecule has 5 rings (SSSR count). The minimum absolute atomic E-state index is 0.161. The highest BCUT2D eigenvalue weighted by Crippen LogP contribution is 2.19. The molecule has 11 nitrogen and oxygen atoms in total. The van der Waals surface area contributed by atoms with E-state index in [0.29, 0.717) is 47.7 Å². The minimum atomic E-state index is -0.161. The van der Waals surface area contributed by atoms with Crippen molar-refractivity contribution in [3.63, 3.8) is 0 Å². The molecule has 5 aromatic rings. The van der Waals surface area contributed by atoms with Crippen LogP contribution in [0.1, 0.15) is 38.4 Å². The topological polar surface area (TPSA) is 153 Å². The number of nitrogens with zero attached hydrogens (tertiary/aromatic N) is 7. The summed E-state index contributed by atoms with van der Waals surface area (Å²) in [5.41, 5.74) is 12.2. The maximum absolute atomic E-state index is 12.4. The summed E-state index contributed by atoms with van der Waals surface area (Å²) in [5.74, 6) is 0.241. The Labute approximate surface area is 194 Å². The van der Waals surface area contributed by atoms with Crippen LogP contribution in [0, 0.1) is 6.92 Å². The fourth-order valence-corrected chi connectivity index (χ4v) is 3.59. The molecule has 0 aliphatic heterocycles. The molecule has 0 fully saturated rings. The van der Waals surface area contributed by atoms with E-state index in [1.54, 1.807) is 30.6 Å². The van der Waals surface area contributed by atoms with Gasteiger partial charge in [0.25, 0.3) is 5.91 Å². The fraction of sp³-hybridized carbons (Fsp3) is 0.174. The van der Waals surface area contributed by atoms with Crippen molar-refractivity contribution in [2.75, 3.05) is 5.73 Å². The fourth-order valence-electron chi connectivity index (χ4n) is 3.59. The molecule has 0 spiro atoms. The number of hydrogen-bond donors (Lipinski definition) is 3. The van der Waals surface area contributed by atoms with Crippen LogP contribution >= 0.6 is 0 Å². The maximum Gasteiger partial charge on any atom is 0.251 e. The highest BCUT2D eigenvalue weighted by molar-refractivity contribution is 5.94. The summed E-state index contributed by atoms with van der Waals surface area (Å²) in [7, 11) is 0. The lowest BCUT2D eigenvalue weighted by Gasteiger charge is -2.07. The van der Waals surface area contributed by atoms with Crippen molar-refractivity contribution in [1.82, 2.24) is 45.5 Å². The molecule has 0 saturated heterocycles. The van der Waals surface area contributed by atoms with Crippen molar-refractivity contribution in [2.45, 2.75) is 26.4 Å². The second kappa shape index (κ2) is 9.06. The second-order valence-electron chi connectivity index (χ2n) is 7.95. The Balaban J connectivity index is 1.20. The first-order valence-corrected chi connectivity index (χ1v) is 10.7. The number of carbonyl (C=O) groups excluding carboxylic acids is 1. The number of nitrogens with one attached hydrogen (secondary N) is 2. The Hall–Kier alpha value is -4.67. The van der Waals surface area contributed by atoms with E-state index in [2.05, 4.69) is 40.8 Å². The summed E-state index contributed by atoms with van der Waals surface area (Å²) in [5, 5.41) is 18.1. The third-order valence-corrected chi connectivity index (χ3v) is 5.30. The van der Waals surface area contributed by atoms with Crippen LogP contribution in [0.4, 0.5) is 5.82 Å². The summed E-state index contributed by atoms with van der Waals surface area (Å²) < 4.78 is 1.85. The number of rotatable bonds is 7. The number of pyridine rings is 1. The van der Waals surface area contributed by atoms with Gasteiger partial charge in [0.2, 0.25) is 5.65 Å². The SMILES string of the molecule is Cc1cnc(CNC(=O)c2ccc(Cn3cc(Cc4cc(N)nc5n[nH]nc45)cn3)cc2)cn1. The smallest absolute Gasteiger partial charge is 0.251 e. The second-order valence-corrected chi connectivity index (χ2v) is 7.95. The van der Waals surface area contributed by atoms with Crippen LogP contribution in [-0.2, 0) is 19.5 Å².